The summed E-state index contributed by atoms with van der Waals surface area (Å²) in [6, 6.07) is 2.58. The molecule has 112 valence electrons. The summed E-state index contributed by atoms with van der Waals surface area (Å²) in [5.41, 5.74) is 5.55. The Labute approximate surface area is 127 Å². The van der Waals surface area contributed by atoms with E-state index in [2.05, 4.69) is 9.46 Å². The minimum absolute atomic E-state index is 0.0124. The van der Waals surface area contributed by atoms with E-state index in [9.17, 15) is 13.2 Å². The molecular weight excluding hydrogens is 327 g/mol. The Morgan fingerprint density at radius 1 is 1.40 bits per heavy atom. The van der Waals surface area contributed by atoms with Crippen LogP contribution in [0.2, 0.25) is 10.0 Å². The Morgan fingerprint density at radius 2 is 2.05 bits per heavy atom. The van der Waals surface area contributed by atoms with Gasteiger partial charge in [-0.25, -0.2) is 13.1 Å². The number of sulfonamides is 1. The van der Waals surface area contributed by atoms with Gasteiger partial charge in [-0.05, 0) is 19.1 Å². The highest BCUT2D eigenvalue weighted by Gasteiger charge is 2.20. The van der Waals surface area contributed by atoms with Crippen molar-refractivity contribution in [2.24, 2.45) is 0 Å². The maximum absolute atomic E-state index is 12.0. The van der Waals surface area contributed by atoms with Crippen molar-refractivity contribution >= 4 is 44.9 Å². The Balaban J connectivity index is 2.80. The standard InChI is InChI=1S/C11H14Cl2N2O4S/c1-2-19-9(16)5-6-15-20(17,18)8-4-3-7(12)11(14)10(8)13/h3-4,15H,2,5-6,14H2,1H3. The quantitative estimate of drug-likeness (QED) is 0.607. The van der Waals surface area contributed by atoms with Gasteiger partial charge in [-0.1, -0.05) is 23.2 Å². The fourth-order valence-electron chi connectivity index (χ4n) is 1.36. The lowest BCUT2D eigenvalue weighted by atomic mass is 10.3. The number of benzene rings is 1. The third-order valence-corrected chi connectivity index (χ3v) is 4.66. The molecule has 3 N–H and O–H groups in total. The predicted octanol–water partition coefficient (Wildman–Crippen LogP) is 1.81. The number of hydrogen-bond acceptors (Lipinski definition) is 5. The number of halogens is 2. The first-order valence-corrected chi connectivity index (χ1v) is 7.92. The van der Waals surface area contributed by atoms with Crippen LogP contribution in [0.4, 0.5) is 5.69 Å². The van der Waals surface area contributed by atoms with Gasteiger partial charge in [-0.15, -0.1) is 0 Å². The summed E-state index contributed by atoms with van der Waals surface area (Å²) in [6.07, 6.45) is -0.0756. The molecule has 0 radical (unpaired) electrons. The smallest absolute Gasteiger partial charge is 0.307 e. The third-order valence-electron chi connectivity index (χ3n) is 2.31. The molecule has 0 heterocycles. The Hall–Kier alpha value is -1.02. The second-order valence-corrected chi connectivity index (χ2v) is 6.25. The zero-order chi connectivity index (χ0) is 15.3. The summed E-state index contributed by atoms with van der Waals surface area (Å²) in [4.78, 5) is 10.9. The second-order valence-electron chi connectivity index (χ2n) is 3.73. The monoisotopic (exact) mass is 340 g/mol. The molecule has 1 rings (SSSR count). The first-order chi connectivity index (χ1) is 9.29. The SMILES string of the molecule is CCOC(=O)CCNS(=O)(=O)c1ccc(Cl)c(N)c1Cl. The van der Waals surface area contributed by atoms with Crippen molar-refractivity contribution in [2.45, 2.75) is 18.2 Å². The molecule has 0 amide bonds. The molecule has 9 heteroatoms. The van der Waals surface area contributed by atoms with Crippen LogP contribution in [0.5, 0.6) is 0 Å². The molecule has 1 aromatic rings. The number of carbonyl (C=O) groups is 1. The van der Waals surface area contributed by atoms with E-state index in [1.807, 2.05) is 0 Å². The van der Waals surface area contributed by atoms with E-state index in [0.717, 1.165) is 0 Å². The number of nitrogens with one attached hydrogen (secondary N) is 1. The van der Waals surface area contributed by atoms with Gasteiger partial charge >= 0.3 is 5.97 Å². The normalized spacial score (nSPS) is 11.3. The van der Waals surface area contributed by atoms with Crippen molar-refractivity contribution in [2.75, 3.05) is 18.9 Å². The van der Waals surface area contributed by atoms with Crippen molar-refractivity contribution in [3.8, 4) is 0 Å². The fraction of sp³-hybridized carbons (Fsp3) is 0.364. The van der Waals surface area contributed by atoms with Crippen molar-refractivity contribution in [3.05, 3.63) is 22.2 Å². The maximum Gasteiger partial charge on any atom is 0.307 e. The van der Waals surface area contributed by atoms with Gasteiger partial charge in [-0.3, -0.25) is 4.79 Å². The summed E-state index contributed by atoms with van der Waals surface area (Å²) in [5.74, 6) is -0.489. The molecule has 0 aliphatic carbocycles. The van der Waals surface area contributed by atoms with Gasteiger partial charge < -0.3 is 10.5 Å². The number of nitrogen functional groups attached to an aromatic ring is 1. The van der Waals surface area contributed by atoms with E-state index in [1.54, 1.807) is 6.92 Å². The largest absolute Gasteiger partial charge is 0.466 e. The molecule has 0 spiro atoms. The molecule has 0 unspecified atom stereocenters. The highest BCUT2D eigenvalue weighted by atomic mass is 35.5. The average molecular weight is 341 g/mol. The van der Waals surface area contributed by atoms with Crippen molar-refractivity contribution in [1.82, 2.24) is 4.72 Å². The van der Waals surface area contributed by atoms with Crippen molar-refractivity contribution in [3.63, 3.8) is 0 Å². The van der Waals surface area contributed by atoms with Crippen LogP contribution in [0.1, 0.15) is 13.3 Å². The maximum atomic E-state index is 12.0. The molecule has 0 atom stereocenters. The molecule has 20 heavy (non-hydrogen) atoms. The van der Waals surface area contributed by atoms with Gasteiger partial charge in [0.1, 0.15) is 4.90 Å². The molecule has 0 saturated carbocycles. The van der Waals surface area contributed by atoms with Gasteiger partial charge in [0.2, 0.25) is 10.0 Å². The molecule has 6 nitrogen and oxygen atoms in total. The number of carbonyl (C=O) groups excluding carboxylic acids is 1. The third kappa shape index (κ3) is 4.24. The average Bonchev–Trinajstić information content (AvgIpc) is 2.35. The highest BCUT2D eigenvalue weighted by Crippen LogP contribution is 2.32. The Bertz CT molecular complexity index is 605. The van der Waals surface area contributed by atoms with Gasteiger partial charge in [0.25, 0.3) is 0 Å². The number of nitrogens with two attached hydrogens (primary N) is 1. The Kier molecular flexibility index (Phi) is 6.07. The highest BCUT2D eigenvalue weighted by molar-refractivity contribution is 7.89. The summed E-state index contributed by atoms with van der Waals surface area (Å²) < 4.78 is 30.9. The van der Waals surface area contributed by atoms with Crippen LogP contribution in [0.3, 0.4) is 0 Å². The molecule has 0 aliphatic heterocycles. The van der Waals surface area contributed by atoms with Gasteiger partial charge in [0.05, 0.1) is 28.8 Å². The summed E-state index contributed by atoms with van der Waals surface area (Å²) >= 11 is 11.6. The van der Waals surface area contributed by atoms with Crippen LogP contribution < -0.4 is 10.5 Å². The summed E-state index contributed by atoms with van der Waals surface area (Å²) in [7, 11) is -3.87. The van der Waals surface area contributed by atoms with Crippen LogP contribution in [-0.4, -0.2) is 27.5 Å². The van der Waals surface area contributed by atoms with E-state index in [-0.39, 0.29) is 40.2 Å². The van der Waals surface area contributed by atoms with Crippen molar-refractivity contribution in [1.29, 1.82) is 0 Å². The van der Waals surface area contributed by atoms with Gasteiger partial charge in [0.15, 0.2) is 0 Å². The fourth-order valence-corrected chi connectivity index (χ4v) is 3.15. The number of hydrogen-bond donors (Lipinski definition) is 2. The van der Waals surface area contributed by atoms with Crippen molar-refractivity contribution < 1.29 is 17.9 Å². The van der Waals surface area contributed by atoms with E-state index in [0.29, 0.717) is 0 Å². The van der Waals surface area contributed by atoms with Gasteiger partial charge in [0, 0.05) is 6.54 Å². The van der Waals surface area contributed by atoms with Crippen LogP contribution in [0.25, 0.3) is 0 Å². The van der Waals surface area contributed by atoms with Crippen LogP contribution in [0.15, 0.2) is 17.0 Å². The minimum atomic E-state index is -3.87. The second kappa shape index (κ2) is 7.12. The number of rotatable bonds is 6. The number of anilines is 1. The molecule has 0 saturated heterocycles. The lowest BCUT2D eigenvalue weighted by molar-refractivity contribution is -0.142. The number of ether oxygens (including phenoxy) is 1. The Morgan fingerprint density at radius 3 is 2.65 bits per heavy atom. The van der Waals surface area contributed by atoms with Crippen LogP contribution in [-0.2, 0) is 19.6 Å². The van der Waals surface area contributed by atoms with Crippen LogP contribution >= 0.6 is 23.2 Å². The van der Waals surface area contributed by atoms with E-state index < -0.39 is 16.0 Å². The molecule has 1 aromatic carbocycles. The molecule has 0 bridgehead atoms. The molecule has 0 fully saturated rings. The zero-order valence-corrected chi connectivity index (χ0v) is 13.0. The molecule has 0 aliphatic rings. The minimum Gasteiger partial charge on any atom is -0.466 e. The topological polar surface area (TPSA) is 98.5 Å². The first-order valence-electron chi connectivity index (χ1n) is 5.68. The number of esters is 1. The summed E-state index contributed by atoms with van der Waals surface area (Å²) in [5, 5.41) is 0.0154. The van der Waals surface area contributed by atoms with Gasteiger partial charge in [-0.2, -0.15) is 0 Å². The molecule has 0 aromatic heterocycles. The lowest BCUT2D eigenvalue weighted by Crippen LogP contribution is -2.27. The predicted molar refractivity (Wildman–Crippen MR) is 77.3 cm³/mol. The van der Waals surface area contributed by atoms with E-state index in [1.165, 1.54) is 12.1 Å². The van der Waals surface area contributed by atoms with E-state index >= 15 is 0 Å². The van der Waals surface area contributed by atoms with Crippen LogP contribution in [0, 0.1) is 0 Å². The molecular formula is C11H14Cl2N2O4S. The lowest BCUT2D eigenvalue weighted by Gasteiger charge is -2.10. The summed E-state index contributed by atoms with van der Waals surface area (Å²) in [6.45, 7) is 1.81. The first kappa shape index (κ1) is 17.0. The van der Waals surface area contributed by atoms with E-state index in [4.69, 9.17) is 28.9 Å². The zero-order valence-electron chi connectivity index (χ0n) is 10.7.